The highest BCUT2D eigenvalue weighted by molar-refractivity contribution is 14.0. The van der Waals surface area contributed by atoms with Crippen LogP contribution in [-0.2, 0) is 14.6 Å². The fourth-order valence-corrected chi connectivity index (χ4v) is 4.39. The van der Waals surface area contributed by atoms with Crippen LogP contribution in [0.4, 0.5) is 4.39 Å². The lowest BCUT2D eigenvalue weighted by Crippen LogP contribution is -2.48. The third-order valence-electron chi connectivity index (χ3n) is 4.35. The van der Waals surface area contributed by atoms with Crippen molar-refractivity contribution in [2.24, 2.45) is 16.6 Å². The summed E-state index contributed by atoms with van der Waals surface area (Å²) in [7, 11) is -2.11. The summed E-state index contributed by atoms with van der Waals surface area (Å²) in [5.41, 5.74) is 5.27. The minimum Gasteiger partial charge on any atom is -0.370 e. The van der Waals surface area contributed by atoms with Crippen molar-refractivity contribution in [2.75, 3.05) is 32.4 Å². The maximum absolute atomic E-state index is 13.7. The molecule has 1 unspecified atom stereocenters. The number of primary amides is 1. The van der Waals surface area contributed by atoms with E-state index >= 15 is 0 Å². The lowest BCUT2D eigenvalue weighted by atomic mass is 9.95. The maximum Gasteiger partial charge on any atom is 0.217 e. The van der Waals surface area contributed by atoms with Crippen LogP contribution in [-0.4, -0.2) is 57.6 Å². The molecule has 1 atom stereocenters. The first-order valence-electron chi connectivity index (χ1n) is 8.54. The first-order chi connectivity index (χ1) is 12.3. The van der Waals surface area contributed by atoms with Crippen LogP contribution < -0.4 is 11.1 Å². The quantitative estimate of drug-likeness (QED) is 0.341. The number of nitrogens with two attached hydrogens (primary N) is 1. The third-order valence-corrected chi connectivity index (χ3v) is 6.09. The van der Waals surface area contributed by atoms with Crippen LogP contribution in [0.25, 0.3) is 0 Å². The summed E-state index contributed by atoms with van der Waals surface area (Å²) >= 11 is 0. The minimum absolute atomic E-state index is 0. The largest absolute Gasteiger partial charge is 0.370 e. The number of piperidine rings is 1. The van der Waals surface area contributed by atoms with Gasteiger partial charge in [0.2, 0.25) is 5.91 Å². The second-order valence-electron chi connectivity index (χ2n) is 6.35. The van der Waals surface area contributed by atoms with E-state index in [1.54, 1.807) is 7.05 Å². The summed E-state index contributed by atoms with van der Waals surface area (Å²) in [6.45, 7) is 1.53. The van der Waals surface area contributed by atoms with Crippen LogP contribution in [0.3, 0.4) is 0 Å². The number of benzene rings is 1. The SMILES string of the molecule is CN=C(NCCS(=O)(=O)c1ccccc1F)N1CCCC(CC(N)=O)C1.I. The van der Waals surface area contributed by atoms with E-state index in [9.17, 15) is 17.6 Å². The molecule has 3 N–H and O–H groups in total. The van der Waals surface area contributed by atoms with Crippen LogP contribution in [0, 0.1) is 11.7 Å². The van der Waals surface area contributed by atoms with Crippen molar-refractivity contribution in [3.8, 4) is 0 Å². The van der Waals surface area contributed by atoms with Gasteiger partial charge in [-0.1, -0.05) is 12.1 Å². The van der Waals surface area contributed by atoms with E-state index in [1.807, 2.05) is 4.90 Å². The molecule has 0 aliphatic carbocycles. The first-order valence-corrected chi connectivity index (χ1v) is 10.2. The van der Waals surface area contributed by atoms with E-state index in [0.717, 1.165) is 25.5 Å². The van der Waals surface area contributed by atoms with Gasteiger partial charge in [-0.3, -0.25) is 9.79 Å². The van der Waals surface area contributed by atoms with Crippen LogP contribution in [0.2, 0.25) is 0 Å². The van der Waals surface area contributed by atoms with E-state index in [1.165, 1.54) is 18.2 Å². The highest BCUT2D eigenvalue weighted by Crippen LogP contribution is 2.19. The molecule has 27 heavy (non-hydrogen) atoms. The average Bonchev–Trinajstić information content (AvgIpc) is 2.58. The number of rotatable bonds is 6. The monoisotopic (exact) mass is 512 g/mol. The van der Waals surface area contributed by atoms with Gasteiger partial charge in [0.05, 0.1) is 5.75 Å². The van der Waals surface area contributed by atoms with Crippen molar-refractivity contribution in [1.29, 1.82) is 0 Å². The molecule has 0 aromatic heterocycles. The van der Waals surface area contributed by atoms with Crippen LogP contribution in [0.15, 0.2) is 34.2 Å². The Kier molecular flexibility index (Phi) is 9.43. The normalized spacial score (nSPS) is 17.9. The van der Waals surface area contributed by atoms with Gasteiger partial charge < -0.3 is 16.0 Å². The van der Waals surface area contributed by atoms with Crippen LogP contribution in [0.5, 0.6) is 0 Å². The van der Waals surface area contributed by atoms with Gasteiger partial charge in [-0.25, -0.2) is 12.8 Å². The van der Waals surface area contributed by atoms with Gasteiger partial charge in [-0.2, -0.15) is 0 Å². The summed E-state index contributed by atoms with van der Waals surface area (Å²) in [4.78, 5) is 17.0. The molecule has 0 bridgehead atoms. The molecule has 1 aliphatic heterocycles. The molecule has 2 rings (SSSR count). The Morgan fingerprint density at radius 2 is 2.11 bits per heavy atom. The Hall–Kier alpha value is -1.43. The molecule has 1 fully saturated rings. The predicted octanol–water partition coefficient (Wildman–Crippen LogP) is 1.38. The molecule has 0 radical (unpaired) electrons. The molecule has 1 aliphatic rings. The summed E-state index contributed by atoms with van der Waals surface area (Å²) in [6.07, 6.45) is 2.17. The van der Waals surface area contributed by atoms with E-state index < -0.39 is 15.7 Å². The molecule has 0 saturated carbocycles. The molecule has 1 amide bonds. The molecule has 1 heterocycles. The van der Waals surface area contributed by atoms with E-state index in [0.29, 0.717) is 18.9 Å². The highest BCUT2D eigenvalue weighted by atomic mass is 127. The summed E-state index contributed by atoms with van der Waals surface area (Å²) < 4.78 is 38.3. The topological polar surface area (TPSA) is 105 Å². The van der Waals surface area contributed by atoms with Crippen molar-refractivity contribution in [3.05, 3.63) is 30.1 Å². The number of hydrogen-bond donors (Lipinski definition) is 2. The van der Waals surface area contributed by atoms with Crippen LogP contribution >= 0.6 is 24.0 Å². The Balaban J connectivity index is 0.00000364. The summed E-state index contributed by atoms with van der Waals surface area (Å²) in [5, 5.41) is 3.02. The Bertz CT molecular complexity index is 773. The van der Waals surface area contributed by atoms with Gasteiger partial charge in [-0.15, -0.1) is 24.0 Å². The number of carbonyl (C=O) groups is 1. The number of nitrogens with one attached hydrogen (secondary N) is 1. The highest BCUT2D eigenvalue weighted by Gasteiger charge is 2.24. The smallest absolute Gasteiger partial charge is 0.217 e. The average molecular weight is 512 g/mol. The number of halogens is 2. The number of likely N-dealkylation sites (tertiary alicyclic amines) is 1. The van der Waals surface area contributed by atoms with Crippen molar-refractivity contribution in [2.45, 2.75) is 24.2 Å². The second-order valence-corrected chi connectivity index (χ2v) is 8.43. The number of sulfone groups is 1. The predicted molar refractivity (Wildman–Crippen MR) is 113 cm³/mol. The molecule has 1 aromatic rings. The summed E-state index contributed by atoms with van der Waals surface area (Å²) in [6, 6.07) is 5.34. The minimum atomic E-state index is -3.72. The van der Waals surface area contributed by atoms with Gasteiger partial charge in [0.25, 0.3) is 0 Å². The van der Waals surface area contributed by atoms with E-state index in [-0.39, 0.29) is 53.0 Å². The molecule has 1 aromatic carbocycles. The molecule has 152 valence electrons. The van der Waals surface area contributed by atoms with Crippen molar-refractivity contribution >= 4 is 45.7 Å². The van der Waals surface area contributed by atoms with E-state index in [2.05, 4.69) is 10.3 Å². The molecule has 1 saturated heterocycles. The second kappa shape index (κ2) is 10.8. The van der Waals surface area contributed by atoms with Crippen molar-refractivity contribution in [3.63, 3.8) is 0 Å². The van der Waals surface area contributed by atoms with Gasteiger partial charge in [0.15, 0.2) is 15.8 Å². The molecular weight excluding hydrogens is 486 g/mol. The fraction of sp³-hybridized carbons (Fsp3) is 0.529. The standard InChI is InChI=1S/C17H25FN4O3S.HI/c1-20-17(22-9-4-5-13(12-22)11-16(19)23)21-8-10-26(24,25)15-7-3-2-6-14(15)18;/h2-3,6-7,13H,4-5,8-12H2,1H3,(H2,19,23)(H,20,21);1H. The Labute approximate surface area is 176 Å². The van der Waals surface area contributed by atoms with Crippen molar-refractivity contribution < 1.29 is 17.6 Å². The number of amides is 1. The summed E-state index contributed by atoms with van der Waals surface area (Å²) in [5.74, 6) is -0.575. The molecular formula is C17H26FIN4O3S. The number of carbonyl (C=O) groups excluding carboxylic acids is 1. The number of hydrogen-bond acceptors (Lipinski definition) is 4. The van der Waals surface area contributed by atoms with Crippen molar-refractivity contribution in [1.82, 2.24) is 10.2 Å². The van der Waals surface area contributed by atoms with Gasteiger partial charge in [0, 0.05) is 33.1 Å². The third kappa shape index (κ3) is 6.91. The van der Waals surface area contributed by atoms with E-state index in [4.69, 9.17) is 5.73 Å². The zero-order valence-corrected chi connectivity index (χ0v) is 18.4. The molecule has 7 nitrogen and oxygen atoms in total. The van der Waals surface area contributed by atoms with Gasteiger partial charge in [0.1, 0.15) is 10.7 Å². The Morgan fingerprint density at radius 3 is 2.74 bits per heavy atom. The van der Waals surface area contributed by atoms with Gasteiger partial charge >= 0.3 is 0 Å². The maximum atomic E-state index is 13.7. The first kappa shape index (κ1) is 23.6. The lowest BCUT2D eigenvalue weighted by Gasteiger charge is -2.34. The number of aliphatic imine (C=N–C) groups is 1. The zero-order chi connectivity index (χ0) is 19.2. The number of guanidine groups is 1. The lowest BCUT2D eigenvalue weighted by molar-refractivity contribution is -0.119. The van der Waals surface area contributed by atoms with Crippen LogP contribution in [0.1, 0.15) is 19.3 Å². The molecule has 0 spiro atoms. The Morgan fingerprint density at radius 1 is 1.41 bits per heavy atom. The zero-order valence-electron chi connectivity index (χ0n) is 15.2. The molecule has 10 heteroatoms. The number of nitrogens with zero attached hydrogens (tertiary/aromatic N) is 2. The van der Waals surface area contributed by atoms with Gasteiger partial charge in [-0.05, 0) is 30.9 Å². The fourth-order valence-electron chi connectivity index (χ4n) is 3.14.